The number of aromatic nitrogens is 5. The van der Waals surface area contributed by atoms with Crippen LogP contribution in [0.1, 0.15) is 29.3 Å². The molecule has 0 spiro atoms. The molecule has 0 aliphatic heterocycles. The van der Waals surface area contributed by atoms with Gasteiger partial charge in [-0.25, -0.2) is 9.67 Å². The Bertz CT molecular complexity index is 1060. The first-order valence-electron chi connectivity index (χ1n) is 8.03. The number of nitrogens with zero attached hydrogens (tertiary/aromatic N) is 5. The molecule has 132 valence electrons. The Kier molecular flexibility index (Phi) is 4.27. The topological polar surface area (TPSA) is 77.5 Å². The van der Waals surface area contributed by atoms with Crippen molar-refractivity contribution in [2.75, 3.05) is 7.11 Å². The highest BCUT2D eigenvalue weighted by Gasteiger charge is 2.23. The molecule has 0 saturated carbocycles. The number of rotatable bonds is 5. The highest BCUT2D eigenvalue weighted by Crippen LogP contribution is 2.32. The molecule has 0 aliphatic carbocycles. The number of aliphatic hydroxyl groups excluding tert-OH is 1. The van der Waals surface area contributed by atoms with Crippen molar-refractivity contribution in [1.29, 1.82) is 0 Å². The van der Waals surface area contributed by atoms with Crippen molar-refractivity contribution >= 4 is 22.2 Å². The van der Waals surface area contributed by atoms with Gasteiger partial charge in [-0.15, -0.1) is 16.4 Å². The van der Waals surface area contributed by atoms with Crippen LogP contribution in [0, 0.1) is 0 Å². The number of methoxy groups -OCH3 is 1. The second kappa shape index (κ2) is 6.74. The average Bonchev–Trinajstić information content (AvgIpc) is 3.37. The van der Waals surface area contributed by atoms with Crippen molar-refractivity contribution < 1.29 is 9.84 Å². The van der Waals surface area contributed by atoms with E-state index in [1.165, 1.54) is 0 Å². The van der Waals surface area contributed by atoms with E-state index in [-0.39, 0.29) is 0 Å². The van der Waals surface area contributed by atoms with E-state index >= 15 is 0 Å². The zero-order valence-corrected chi connectivity index (χ0v) is 15.1. The van der Waals surface area contributed by atoms with Gasteiger partial charge in [0.05, 0.1) is 35.8 Å². The van der Waals surface area contributed by atoms with Crippen LogP contribution in [0.25, 0.3) is 16.6 Å². The molecule has 1 unspecified atom stereocenters. The van der Waals surface area contributed by atoms with E-state index in [1.54, 1.807) is 41.8 Å². The number of hydrogen-bond donors (Lipinski definition) is 1. The summed E-state index contributed by atoms with van der Waals surface area (Å²) in [5.41, 5.74) is 2.05. The van der Waals surface area contributed by atoms with Crippen LogP contribution in [0.2, 0.25) is 0 Å². The number of ether oxygens (including phenoxy) is 1. The minimum atomic E-state index is -0.906. The summed E-state index contributed by atoms with van der Waals surface area (Å²) >= 11 is 1.57. The fourth-order valence-electron chi connectivity index (χ4n) is 2.76. The van der Waals surface area contributed by atoms with Crippen LogP contribution < -0.4 is 4.74 Å². The normalized spacial score (nSPS) is 12.9. The molecule has 26 heavy (non-hydrogen) atoms. The summed E-state index contributed by atoms with van der Waals surface area (Å²) < 4.78 is 8.68. The Labute approximate surface area is 153 Å². The number of benzene rings is 1. The summed E-state index contributed by atoms with van der Waals surface area (Å²) in [5, 5.41) is 19.2. The van der Waals surface area contributed by atoms with E-state index in [0.29, 0.717) is 5.69 Å². The molecule has 0 aliphatic rings. The van der Waals surface area contributed by atoms with Gasteiger partial charge in [0.15, 0.2) is 0 Å². The first-order valence-corrected chi connectivity index (χ1v) is 8.85. The third-order valence-corrected chi connectivity index (χ3v) is 5.11. The molecule has 0 fully saturated rings. The predicted molar refractivity (Wildman–Crippen MR) is 99.7 cm³/mol. The molecule has 7 nitrogen and oxygen atoms in total. The maximum absolute atomic E-state index is 10.9. The molecule has 1 aromatic carbocycles. The average molecular weight is 367 g/mol. The van der Waals surface area contributed by atoms with Crippen molar-refractivity contribution in [2.24, 2.45) is 0 Å². The minimum Gasteiger partial charge on any atom is -0.497 e. The molecule has 1 atom stereocenters. The standard InChI is InChI=1S/C18H17N5O2S/c1-3-4-15-17(22-11-19-9-16(22)26-15)18(24)14-10-23(21-20-14)12-5-7-13(25-2)8-6-12/h3-11,18,24H,1-2H3/b4-3+. The zero-order valence-electron chi connectivity index (χ0n) is 14.3. The molecule has 4 rings (SSSR count). The van der Waals surface area contributed by atoms with Crippen LogP contribution in [0.15, 0.2) is 49.1 Å². The Morgan fingerprint density at radius 2 is 2.08 bits per heavy atom. The van der Waals surface area contributed by atoms with Gasteiger partial charge in [-0.3, -0.25) is 4.40 Å². The maximum atomic E-state index is 10.9. The summed E-state index contributed by atoms with van der Waals surface area (Å²) in [6, 6.07) is 7.47. The highest BCUT2D eigenvalue weighted by atomic mass is 32.1. The molecule has 0 saturated heterocycles. The molecule has 0 amide bonds. The third-order valence-electron chi connectivity index (χ3n) is 4.04. The number of thiazole rings is 1. The molecular weight excluding hydrogens is 350 g/mol. The molecule has 0 radical (unpaired) electrons. The summed E-state index contributed by atoms with van der Waals surface area (Å²) in [6.45, 7) is 1.95. The lowest BCUT2D eigenvalue weighted by Gasteiger charge is -2.08. The quantitative estimate of drug-likeness (QED) is 0.586. The van der Waals surface area contributed by atoms with E-state index < -0.39 is 6.10 Å². The number of aliphatic hydroxyl groups is 1. The van der Waals surface area contributed by atoms with Gasteiger partial charge in [0.1, 0.15) is 28.7 Å². The van der Waals surface area contributed by atoms with Crippen LogP contribution in [-0.2, 0) is 0 Å². The molecule has 8 heteroatoms. The van der Waals surface area contributed by atoms with E-state index in [2.05, 4.69) is 15.3 Å². The Morgan fingerprint density at radius 3 is 2.81 bits per heavy atom. The number of imidazole rings is 1. The predicted octanol–water partition coefficient (Wildman–Crippen LogP) is 3.10. The van der Waals surface area contributed by atoms with Crippen LogP contribution in [0.3, 0.4) is 0 Å². The van der Waals surface area contributed by atoms with Gasteiger partial charge in [0, 0.05) is 0 Å². The fourth-order valence-corrected chi connectivity index (χ4v) is 3.86. The molecule has 4 aromatic rings. The Hall–Kier alpha value is -2.97. The SMILES string of the molecule is C/C=C/c1sc2cncn2c1C(O)c1cn(-c2ccc(OC)cc2)nn1. The van der Waals surface area contributed by atoms with Crippen molar-refractivity contribution in [2.45, 2.75) is 13.0 Å². The first-order chi connectivity index (χ1) is 12.7. The highest BCUT2D eigenvalue weighted by molar-refractivity contribution is 7.18. The summed E-state index contributed by atoms with van der Waals surface area (Å²) in [7, 11) is 1.62. The van der Waals surface area contributed by atoms with Gasteiger partial charge in [-0.1, -0.05) is 11.3 Å². The van der Waals surface area contributed by atoms with Crippen LogP contribution in [-0.4, -0.2) is 36.6 Å². The van der Waals surface area contributed by atoms with Crippen molar-refractivity contribution in [3.63, 3.8) is 0 Å². The molecule has 0 bridgehead atoms. The maximum Gasteiger partial charge on any atom is 0.141 e. The Balaban J connectivity index is 1.71. The van der Waals surface area contributed by atoms with Crippen molar-refractivity contribution in [1.82, 2.24) is 24.4 Å². The van der Waals surface area contributed by atoms with Gasteiger partial charge in [0.2, 0.25) is 0 Å². The van der Waals surface area contributed by atoms with Crippen molar-refractivity contribution in [3.8, 4) is 11.4 Å². The van der Waals surface area contributed by atoms with E-state index in [1.807, 2.05) is 47.7 Å². The van der Waals surface area contributed by atoms with Gasteiger partial charge < -0.3 is 9.84 Å². The van der Waals surface area contributed by atoms with Crippen LogP contribution in [0.5, 0.6) is 5.75 Å². The van der Waals surface area contributed by atoms with Crippen LogP contribution >= 0.6 is 11.3 Å². The monoisotopic (exact) mass is 367 g/mol. The molecule has 3 heterocycles. The second-order valence-corrected chi connectivity index (χ2v) is 6.70. The first kappa shape index (κ1) is 16.5. The van der Waals surface area contributed by atoms with Gasteiger partial charge in [-0.05, 0) is 37.3 Å². The lowest BCUT2D eigenvalue weighted by Crippen LogP contribution is -2.05. The van der Waals surface area contributed by atoms with Crippen molar-refractivity contribution in [3.05, 3.63) is 65.3 Å². The number of hydrogen-bond acceptors (Lipinski definition) is 6. The Morgan fingerprint density at radius 1 is 1.27 bits per heavy atom. The van der Waals surface area contributed by atoms with E-state index in [9.17, 15) is 5.11 Å². The summed E-state index contributed by atoms with van der Waals surface area (Å²) in [4.78, 5) is 6.09. The number of allylic oxidation sites excluding steroid dienone is 1. The van der Waals surface area contributed by atoms with E-state index in [4.69, 9.17) is 4.74 Å². The minimum absolute atomic E-state index is 0.472. The van der Waals surface area contributed by atoms with Gasteiger partial charge >= 0.3 is 0 Å². The van der Waals surface area contributed by atoms with Crippen LogP contribution in [0.4, 0.5) is 0 Å². The third kappa shape index (κ3) is 2.79. The smallest absolute Gasteiger partial charge is 0.141 e. The fraction of sp³-hybridized carbons (Fsp3) is 0.167. The zero-order chi connectivity index (χ0) is 18.1. The summed E-state index contributed by atoms with van der Waals surface area (Å²) in [5.74, 6) is 0.769. The summed E-state index contributed by atoms with van der Waals surface area (Å²) in [6.07, 6.45) is 8.23. The molecule has 1 N–H and O–H groups in total. The lowest BCUT2D eigenvalue weighted by atomic mass is 10.1. The number of fused-ring (bicyclic) bond motifs is 1. The molecule has 3 aromatic heterocycles. The van der Waals surface area contributed by atoms with E-state index in [0.717, 1.165) is 26.8 Å². The lowest BCUT2D eigenvalue weighted by molar-refractivity contribution is 0.209. The largest absolute Gasteiger partial charge is 0.497 e. The molecular formula is C18H17N5O2S. The second-order valence-electron chi connectivity index (χ2n) is 5.64. The van der Waals surface area contributed by atoms with Gasteiger partial charge in [0.25, 0.3) is 0 Å². The van der Waals surface area contributed by atoms with Gasteiger partial charge in [-0.2, -0.15) is 0 Å².